The lowest BCUT2D eigenvalue weighted by Crippen LogP contribution is -2.56. The van der Waals surface area contributed by atoms with E-state index in [0.717, 1.165) is 0 Å². The summed E-state index contributed by atoms with van der Waals surface area (Å²) in [5, 5.41) is 17.5. The summed E-state index contributed by atoms with van der Waals surface area (Å²) in [6.45, 7) is 0. The molecule has 0 aliphatic heterocycles. The zero-order valence-corrected chi connectivity index (χ0v) is 7.18. The third kappa shape index (κ3) is 0.863. The molecule has 4 unspecified atom stereocenters. The highest BCUT2D eigenvalue weighted by Gasteiger charge is 2.74. The Kier molecular flexibility index (Phi) is 1.64. The van der Waals surface area contributed by atoms with Gasteiger partial charge in [-0.1, -0.05) is 0 Å². The van der Waals surface area contributed by atoms with E-state index < -0.39 is 41.4 Å². The molecule has 2 aliphatic carbocycles. The van der Waals surface area contributed by atoms with Crippen LogP contribution in [-0.2, 0) is 9.59 Å². The summed E-state index contributed by atoms with van der Waals surface area (Å²) < 4.78 is 13.2. The van der Waals surface area contributed by atoms with E-state index in [1.165, 1.54) is 0 Å². The maximum Gasteiger partial charge on any atom is 0.327 e. The number of rotatable bonds is 2. The first kappa shape index (κ1) is 9.39. The van der Waals surface area contributed by atoms with Crippen molar-refractivity contribution in [3.05, 3.63) is 0 Å². The van der Waals surface area contributed by atoms with Crippen LogP contribution in [0.25, 0.3) is 0 Å². The van der Waals surface area contributed by atoms with Crippen molar-refractivity contribution in [1.29, 1.82) is 0 Å². The minimum Gasteiger partial charge on any atom is -0.481 e. The average Bonchev–Trinajstić information content (AvgIpc) is 2.70. The molecule has 0 aromatic carbocycles. The highest BCUT2D eigenvalue weighted by atomic mass is 19.1. The second kappa shape index (κ2) is 2.44. The second-order valence-corrected chi connectivity index (χ2v) is 4.00. The van der Waals surface area contributed by atoms with Gasteiger partial charge in [-0.3, -0.25) is 9.59 Å². The lowest BCUT2D eigenvalue weighted by Gasteiger charge is -2.24. The Bertz CT molecular complexity index is 320. The summed E-state index contributed by atoms with van der Waals surface area (Å²) in [6.07, 6.45) is -1.68. The van der Waals surface area contributed by atoms with Crippen LogP contribution >= 0.6 is 0 Å². The highest BCUT2D eigenvalue weighted by Crippen LogP contribution is 2.62. The van der Waals surface area contributed by atoms with Crippen LogP contribution in [0, 0.1) is 17.8 Å². The quantitative estimate of drug-likeness (QED) is 0.559. The number of halogens is 1. The zero-order chi connectivity index (χ0) is 10.7. The summed E-state index contributed by atoms with van der Waals surface area (Å²) >= 11 is 0. The monoisotopic (exact) mass is 203 g/mol. The molecule has 14 heavy (non-hydrogen) atoms. The van der Waals surface area contributed by atoms with Crippen molar-refractivity contribution in [3.8, 4) is 0 Å². The molecule has 0 aromatic heterocycles. The Labute approximate surface area is 78.7 Å². The van der Waals surface area contributed by atoms with E-state index in [4.69, 9.17) is 15.9 Å². The van der Waals surface area contributed by atoms with Gasteiger partial charge in [0.15, 0.2) is 0 Å². The summed E-state index contributed by atoms with van der Waals surface area (Å²) in [6, 6.07) is 0. The molecule has 0 radical (unpaired) electrons. The molecule has 2 fully saturated rings. The fourth-order valence-electron chi connectivity index (χ4n) is 2.57. The fourth-order valence-corrected chi connectivity index (χ4v) is 2.57. The van der Waals surface area contributed by atoms with Gasteiger partial charge in [0.05, 0.1) is 5.92 Å². The minimum atomic E-state index is -1.99. The third-order valence-electron chi connectivity index (χ3n) is 3.37. The first-order valence-electron chi connectivity index (χ1n) is 4.29. The van der Waals surface area contributed by atoms with Crippen molar-refractivity contribution < 1.29 is 24.2 Å². The Hall–Kier alpha value is -1.17. The van der Waals surface area contributed by atoms with Crippen molar-refractivity contribution in [2.75, 3.05) is 0 Å². The summed E-state index contributed by atoms with van der Waals surface area (Å²) in [4.78, 5) is 21.4. The molecule has 2 rings (SSSR count). The molecule has 0 saturated heterocycles. The van der Waals surface area contributed by atoms with E-state index in [2.05, 4.69) is 0 Å². The molecule has 78 valence electrons. The van der Waals surface area contributed by atoms with Gasteiger partial charge in [0.2, 0.25) is 0 Å². The largest absolute Gasteiger partial charge is 0.481 e. The highest BCUT2D eigenvalue weighted by molar-refractivity contribution is 5.86. The molecule has 5 atom stereocenters. The molecule has 2 saturated carbocycles. The maximum atomic E-state index is 13.2. The van der Waals surface area contributed by atoms with Gasteiger partial charge in [-0.15, -0.1) is 0 Å². The number of fused-ring (bicyclic) bond motifs is 1. The third-order valence-corrected chi connectivity index (χ3v) is 3.37. The molecule has 5 nitrogen and oxygen atoms in total. The number of hydrogen-bond donors (Lipinski definition) is 3. The maximum absolute atomic E-state index is 13.2. The molecule has 4 N–H and O–H groups in total. The predicted molar refractivity (Wildman–Crippen MR) is 42.2 cm³/mol. The zero-order valence-electron chi connectivity index (χ0n) is 7.18. The molecule has 6 heteroatoms. The number of alkyl halides is 1. The Morgan fingerprint density at radius 3 is 2.43 bits per heavy atom. The van der Waals surface area contributed by atoms with Crippen LogP contribution in [0.2, 0.25) is 0 Å². The summed E-state index contributed by atoms with van der Waals surface area (Å²) in [7, 11) is 0. The topological polar surface area (TPSA) is 101 Å². The molecule has 0 bridgehead atoms. The van der Waals surface area contributed by atoms with Gasteiger partial charge in [0.25, 0.3) is 0 Å². The molecule has 2 aliphatic rings. The SMILES string of the molecule is NC1(C(=O)O)C(F)CC2C1[C@H]2C(=O)O. The van der Waals surface area contributed by atoms with E-state index in [0.29, 0.717) is 0 Å². The van der Waals surface area contributed by atoms with Crippen LogP contribution < -0.4 is 5.73 Å². The van der Waals surface area contributed by atoms with Gasteiger partial charge in [0.1, 0.15) is 11.7 Å². The first-order chi connectivity index (χ1) is 6.40. The van der Waals surface area contributed by atoms with Gasteiger partial charge in [-0.05, 0) is 12.3 Å². The smallest absolute Gasteiger partial charge is 0.327 e. The van der Waals surface area contributed by atoms with Crippen LogP contribution in [0.15, 0.2) is 0 Å². The number of hydrogen-bond acceptors (Lipinski definition) is 3. The molecular weight excluding hydrogens is 193 g/mol. The van der Waals surface area contributed by atoms with Crippen LogP contribution in [0.3, 0.4) is 0 Å². The summed E-state index contributed by atoms with van der Waals surface area (Å²) in [5.74, 6) is -4.44. The van der Waals surface area contributed by atoms with Crippen molar-refractivity contribution in [1.82, 2.24) is 0 Å². The summed E-state index contributed by atoms with van der Waals surface area (Å²) in [5.41, 5.74) is 3.43. The van der Waals surface area contributed by atoms with E-state index in [1.54, 1.807) is 0 Å². The van der Waals surface area contributed by atoms with Crippen molar-refractivity contribution >= 4 is 11.9 Å². The van der Waals surface area contributed by atoms with Crippen LogP contribution in [0.4, 0.5) is 4.39 Å². The Balaban J connectivity index is 2.26. The van der Waals surface area contributed by atoms with E-state index in [1.807, 2.05) is 0 Å². The Morgan fingerprint density at radius 2 is 2.00 bits per heavy atom. The molecular formula is C8H10FNO4. The van der Waals surface area contributed by atoms with Gasteiger partial charge in [0, 0.05) is 5.92 Å². The van der Waals surface area contributed by atoms with Crippen LogP contribution in [-0.4, -0.2) is 33.9 Å². The van der Waals surface area contributed by atoms with Gasteiger partial charge < -0.3 is 15.9 Å². The van der Waals surface area contributed by atoms with Crippen molar-refractivity contribution in [2.24, 2.45) is 23.5 Å². The van der Waals surface area contributed by atoms with Gasteiger partial charge >= 0.3 is 11.9 Å². The second-order valence-electron chi connectivity index (χ2n) is 4.00. The normalized spacial score (nSPS) is 49.9. The first-order valence-corrected chi connectivity index (χ1v) is 4.29. The average molecular weight is 203 g/mol. The number of carboxylic acid groups (broad SMARTS) is 2. The lowest BCUT2D eigenvalue weighted by molar-refractivity contribution is -0.147. The van der Waals surface area contributed by atoms with Crippen molar-refractivity contribution in [2.45, 2.75) is 18.1 Å². The number of carbonyl (C=O) groups is 2. The fraction of sp³-hybridized carbons (Fsp3) is 0.750. The predicted octanol–water partition coefficient (Wildman–Crippen LogP) is -0.543. The number of carboxylic acids is 2. The van der Waals surface area contributed by atoms with Crippen LogP contribution in [0.1, 0.15) is 6.42 Å². The van der Waals surface area contributed by atoms with E-state index in [9.17, 15) is 14.0 Å². The van der Waals surface area contributed by atoms with E-state index in [-0.39, 0.29) is 6.42 Å². The Morgan fingerprint density at radius 1 is 1.43 bits per heavy atom. The van der Waals surface area contributed by atoms with Gasteiger partial charge in [-0.2, -0.15) is 0 Å². The standard InChI is InChI=1S/C8H10FNO4/c9-3-1-2-4(6(11)12)5(2)8(3,10)7(13)14/h2-5H,1,10H2,(H,11,12)(H,13,14)/t2?,3?,4-,5?,8?/m0/s1. The number of aliphatic carboxylic acids is 2. The van der Waals surface area contributed by atoms with E-state index >= 15 is 0 Å². The van der Waals surface area contributed by atoms with Crippen LogP contribution in [0.5, 0.6) is 0 Å². The molecule has 0 heterocycles. The van der Waals surface area contributed by atoms with Gasteiger partial charge in [-0.25, -0.2) is 4.39 Å². The molecule has 0 spiro atoms. The minimum absolute atomic E-state index is 0.0512. The van der Waals surface area contributed by atoms with Crippen molar-refractivity contribution in [3.63, 3.8) is 0 Å². The number of nitrogens with two attached hydrogens (primary N) is 1. The molecule has 0 amide bonds. The lowest BCUT2D eigenvalue weighted by atomic mass is 9.90. The molecule has 0 aromatic rings.